The van der Waals surface area contributed by atoms with Gasteiger partial charge in [-0.1, -0.05) is 34.1 Å². The van der Waals surface area contributed by atoms with Gasteiger partial charge in [-0.3, -0.25) is 0 Å². The van der Waals surface area contributed by atoms with Crippen molar-refractivity contribution in [2.45, 2.75) is 31.8 Å². The van der Waals surface area contributed by atoms with E-state index in [0.29, 0.717) is 11.8 Å². The first-order chi connectivity index (χ1) is 9.72. The first-order valence-corrected chi connectivity index (χ1v) is 7.81. The SMILES string of the molecule is Oc1ccc2c(c1)CCCC2NCc1cccc(Br)c1. The summed E-state index contributed by atoms with van der Waals surface area (Å²) in [5, 5.41) is 13.2. The Morgan fingerprint density at radius 1 is 1.20 bits per heavy atom. The third kappa shape index (κ3) is 3.05. The van der Waals surface area contributed by atoms with Gasteiger partial charge in [0.05, 0.1) is 0 Å². The molecule has 0 aliphatic heterocycles. The highest BCUT2D eigenvalue weighted by Gasteiger charge is 2.19. The summed E-state index contributed by atoms with van der Waals surface area (Å²) in [5.41, 5.74) is 3.90. The number of phenolic OH excluding ortho intramolecular Hbond substituents is 1. The molecule has 2 nitrogen and oxygen atoms in total. The van der Waals surface area contributed by atoms with Crippen LogP contribution in [0.2, 0.25) is 0 Å². The molecule has 0 amide bonds. The smallest absolute Gasteiger partial charge is 0.115 e. The fraction of sp³-hybridized carbons (Fsp3) is 0.294. The van der Waals surface area contributed by atoms with E-state index in [2.05, 4.69) is 45.5 Å². The number of fused-ring (bicyclic) bond motifs is 1. The van der Waals surface area contributed by atoms with E-state index in [1.807, 2.05) is 12.1 Å². The number of hydrogen-bond acceptors (Lipinski definition) is 2. The molecular formula is C17H18BrNO. The van der Waals surface area contributed by atoms with Crippen molar-refractivity contribution in [3.8, 4) is 5.75 Å². The minimum atomic E-state index is 0.372. The summed E-state index contributed by atoms with van der Waals surface area (Å²) in [6.07, 6.45) is 3.40. The zero-order valence-corrected chi connectivity index (χ0v) is 12.9. The summed E-state index contributed by atoms with van der Waals surface area (Å²) in [7, 11) is 0. The fourth-order valence-corrected chi connectivity index (χ4v) is 3.35. The fourth-order valence-electron chi connectivity index (χ4n) is 2.90. The summed E-state index contributed by atoms with van der Waals surface area (Å²) in [6, 6.07) is 14.5. The van der Waals surface area contributed by atoms with Gasteiger partial charge in [0.15, 0.2) is 0 Å². The second kappa shape index (κ2) is 5.98. The van der Waals surface area contributed by atoms with E-state index in [1.165, 1.54) is 23.1 Å². The Morgan fingerprint density at radius 2 is 2.10 bits per heavy atom. The molecule has 0 fully saturated rings. The zero-order chi connectivity index (χ0) is 13.9. The first kappa shape index (κ1) is 13.7. The van der Waals surface area contributed by atoms with Gasteiger partial charge < -0.3 is 10.4 Å². The number of halogens is 1. The first-order valence-electron chi connectivity index (χ1n) is 7.02. The highest BCUT2D eigenvalue weighted by Crippen LogP contribution is 2.32. The molecule has 2 N–H and O–H groups in total. The molecule has 0 saturated heterocycles. The van der Waals surface area contributed by atoms with Crippen LogP contribution in [-0.4, -0.2) is 5.11 Å². The van der Waals surface area contributed by atoms with Crippen LogP contribution in [0, 0.1) is 0 Å². The van der Waals surface area contributed by atoms with E-state index in [0.717, 1.165) is 23.9 Å². The molecule has 0 spiro atoms. The highest BCUT2D eigenvalue weighted by atomic mass is 79.9. The van der Waals surface area contributed by atoms with E-state index in [4.69, 9.17) is 0 Å². The van der Waals surface area contributed by atoms with Gasteiger partial charge in [0.1, 0.15) is 5.75 Å². The molecular weight excluding hydrogens is 314 g/mol. The van der Waals surface area contributed by atoms with Crippen LogP contribution in [-0.2, 0) is 13.0 Å². The molecule has 3 rings (SSSR count). The topological polar surface area (TPSA) is 32.3 Å². The molecule has 1 aliphatic rings. The van der Waals surface area contributed by atoms with E-state index >= 15 is 0 Å². The molecule has 104 valence electrons. The van der Waals surface area contributed by atoms with Gasteiger partial charge in [-0.25, -0.2) is 0 Å². The summed E-state index contributed by atoms with van der Waals surface area (Å²) >= 11 is 3.51. The van der Waals surface area contributed by atoms with Crippen molar-refractivity contribution in [1.82, 2.24) is 5.32 Å². The standard InChI is InChI=1S/C17H18BrNO/c18-14-5-1-3-12(9-14)11-19-17-6-2-4-13-10-15(20)7-8-16(13)17/h1,3,5,7-10,17,19-20H,2,4,6,11H2. The molecule has 0 bridgehead atoms. The van der Waals surface area contributed by atoms with E-state index in [9.17, 15) is 5.11 Å². The van der Waals surface area contributed by atoms with Crippen LogP contribution in [0.4, 0.5) is 0 Å². The van der Waals surface area contributed by atoms with Gasteiger partial charge in [-0.05, 0) is 60.2 Å². The largest absolute Gasteiger partial charge is 0.508 e. The lowest BCUT2D eigenvalue weighted by atomic mass is 9.87. The van der Waals surface area contributed by atoms with Gasteiger partial charge in [0.2, 0.25) is 0 Å². The van der Waals surface area contributed by atoms with Crippen molar-refractivity contribution in [3.05, 3.63) is 63.6 Å². The molecule has 2 aromatic rings. The van der Waals surface area contributed by atoms with Gasteiger partial charge in [0.25, 0.3) is 0 Å². The predicted octanol–water partition coefficient (Wildman–Crippen LogP) is 4.32. The summed E-state index contributed by atoms with van der Waals surface area (Å²) in [4.78, 5) is 0. The Balaban J connectivity index is 1.73. The van der Waals surface area contributed by atoms with Gasteiger partial charge >= 0.3 is 0 Å². The quantitative estimate of drug-likeness (QED) is 0.877. The van der Waals surface area contributed by atoms with Crippen molar-refractivity contribution in [2.75, 3.05) is 0 Å². The van der Waals surface area contributed by atoms with Crippen LogP contribution >= 0.6 is 15.9 Å². The maximum atomic E-state index is 9.59. The molecule has 0 radical (unpaired) electrons. The van der Waals surface area contributed by atoms with Crippen molar-refractivity contribution in [1.29, 1.82) is 0 Å². The molecule has 20 heavy (non-hydrogen) atoms. The lowest BCUT2D eigenvalue weighted by molar-refractivity contribution is 0.449. The Kier molecular flexibility index (Phi) is 4.08. The van der Waals surface area contributed by atoms with Crippen molar-refractivity contribution >= 4 is 15.9 Å². The van der Waals surface area contributed by atoms with E-state index in [1.54, 1.807) is 6.07 Å². The monoisotopic (exact) mass is 331 g/mol. The second-order valence-corrected chi connectivity index (χ2v) is 6.25. The predicted molar refractivity (Wildman–Crippen MR) is 84.8 cm³/mol. The van der Waals surface area contributed by atoms with Gasteiger partial charge in [-0.2, -0.15) is 0 Å². The number of benzene rings is 2. The average molecular weight is 332 g/mol. The molecule has 1 unspecified atom stereocenters. The molecule has 3 heteroatoms. The number of phenols is 1. The van der Waals surface area contributed by atoms with Crippen molar-refractivity contribution < 1.29 is 5.11 Å². The number of aromatic hydroxyl groups is 1. The van der Waals surface area contributed by atoms with Gasteiger partial charge in [0, 0.05) is 17.1 Å². The van der Waals surface area contributed by atoms with E-state index in [-0.39, 0.29) is 0 Å². The van der Waals surface area contributed by atoms with Crippen molar-refractivity contribution in [3.63, 3.8) is 0 Å². The van der Waals surface area contributed by atoms with Crippen LogP contribution in [0.5, 0.6) is 5.75 Å². The van der Waals surface area contributed by atoms with Crippen LogP contribution < -0.4 is 5.32 Å². The maximum absolute atomic E-state index is 9.59. The highest BCUT2D eigenvalue weighted by molar-refractivity contribution is 9.10. The summed E-state index contributed by atoms with van der Waals surface area (Å²) < 4.78 is 1.12. The maximum Gasteiger partial charge on any atom is 0.115 e. The third-order valence-corrected chi connectivity index (χ3v) is 4.38. The number of nitrogens with one attached hydrogen (secondary N) is 1. The number of hydrogen-bond donors (Lipinski definition) is 2. The second-order valence-electron chi connectivity index (χ2n) is 5.34. The van der Waals surface area contributed by atoms with Crippen LogP contribution in [0.15, 0.2) is 46.9 Å². The molecule has 0 aromatic heterocycles. The Morgan fingerprint density at radius 3 is 2.95 bits per heavy atom. The molecule has 1 aliphatic carbocycles. The molecule has 1 atom stereocenters. The minimum absolute atomic E-state index is 0.372. The normalized spacial score (nSPS) is 17.8. The third-order valence-electron chi connectivity index (χ3n) is 3.88. The van der Waals surface area contributed by atoms with Crippen LogP contribution in [0.25, 0.3) is 0 Å². The molecule has 2 aromatic carbocycles. The number of rotatable bonds is 3. The summed E-state index contributed by atoms with van der Waals surface area (Å²) in [5.74, 6) is 0.372. The van der Waals surface area contributed by atoms with Crippen LogP contribution in [0.1, 0.15) is 35.6 Å². The van der Waals surface area contributed by atoms with E-state index < -0.39 is 0 Å². The van der Waals surface area contributed by atoms with Gasteiger partial charge in [-0.15, -0.1) is 0 Å². The lowest BCUT2D eigenvalue weighted by Crippen LogP contribution is -2.24. The Bertz CT molecular complexity index is 612. The average Bonchev–Trinajstić information content (AvgIpc) is 2.44. The molecule has 0 heterocycles. The zero-order valence-electron chi connectivity index (χ0n) is 11.3. The minimum Gasteiger partial charge on any atom is -0.508 e. The van der Waals surface area contributed by atoms with Crippen LogP contribution in [0.3, 0.4) is 0 Å². The summed E-state index contributed by atoms with van der Waals surface area (Å²) in [6.45, 7) is 0.865. The number of aryl methyl sites for hydroxylation is 1. The Hall–Kier alpha value is -1.32. The Labute approximate surface area is 128 Å². The molecule has 0 saturated carbocycles. The lowest BCUT2D eigenvalue weighted by Gasteiger charge is -2.26. The van der Waals surface area contributed by atoms with Crippen molar-refractivity contribution in [2.24, 2.45) is 0 Å².